The van der Waals surface area contributed by atoms with Crippen molar-refractivity contribution in [1.29, 1.82) is 0 Å². The van der Waals surface area contributed by atoms with Crippen LogP contribution in [0.3, 0.4) is 0 Å². The van der Waals surface area contributed by atoms with E-state index in [0.29, 0.717) is 18.5 Å². The molecule has 2 fully saturated rings. The lowest BCUT2D eigenvalue weighted by atomic mass is 10.0. The fourth-order valence-electron chi connectivity index (χ4n) is 4.73. The number of aromatic amines is 1. The number of pyridine rings is 1. The third kappa shape index (κ3) is 3.92. The lowest BCUT2D eigenvalue weighted by Crippen LogP contribution is -2.45. The topological polar surface area (TPSA) is 70.6 Å². The van der Waals surface area contributed by atoms with Crippen molar-refractivity contribution in [3.05, 3.63) is 47.7 Å². The lowest BCUT2D eigenvalue weighted by Gasteiger charge is -2.34. The minimum Gasteiger partial charge on any atom is -0.497 e. The number of H-pyrrole nitrogens is 1. The molecule has 2 bridgehead atoms. The zero-order valence-corrected chi connectivity index (χ0v) is 17.7. The maximum absolute atomic E-state index is 9.02. The van der Waals surface area contributed by atoms with Gasteiger partial charge in [-0.3, -0.25) is 4.90 Å². The van der Waals surface area contributed by atoms with Gasteiger partial charge in [-0.1, -0.05) is 11.8 Å². The van der Waals surface area contributed by atoms with Crippen LogP contribution in [0.2, 0.25) is 0 Å². The Labute approximate surface area is 182 Å². The fourth-order valence-corrected chi connectivity index (χ4v) is 4.73. The number of rotatable bonds is 5. The summed E-state index contributed by atoms with van der Waals surface area (Å²) in [6.45, 7) is 2.55. The van der Waals surface area contributed by atoms with Crippen molar-refractivity contribution in [1.82, 2.24) is 14.9 Å². The molecule has 0 aliphatic carbocycles. The third-order valence-electron chi connectivity index (χ3n) is 6.34. The zero-order chi connectivity index (χ0) is 21.2. The number of aromatic nitrogens is 2. The first-order valence-electron chi connectivity index (χ1n) is 10.8. The van der Waals surface area contributed by atoms with Crippen molar-refractivity contribution in [3.8, 4) is 28.8 Å². The molecule has 3 aromatic rings. The molecular formula is C25H27N3O3. The molecule has 6 heteroatoms. The van der Waals surface area contributed by atoms with Crippen molar-refractivity contribution in [3.63, 3.8) is 0 Å². The van der Waals surface area contributed by atoms with Gasteiger partial charge in [-0.15, -0.1) is 0 Å². The molecule has 31 heavy (non-hydrogen) atoms. The Morgan fingerprint density at radius 3 is 2.71 bits per heavy atom. The highest BCUT2D eigenvalue weighted by molar-refractivity contribution is 5.89. The van der Waals surface area contributed by atoms with Gasteiger partial charge in [0.1, 0.15) is 11.4 Å². The molecule has 2 N–H and O–H groups in total. The molecule has 0 radical (unpaired) electrons. The third-order valence-corrected chi connectivity index (χ3v) is 6.34. The number of hydrogen-bond acceptors (Lipinski definition) is 5. The monoisotopic (exact) mass is 417 g/mol. The van der Waals surface area contributed by atoms with Gasteiger partial charge in [0.25, 0.3) is 0 Å². The zero-order valence-electron chi connectivity index (χ0n) is 17.7. The highest BCUT2D eigenvalue weighted by Gasteiger charge is 2.38. The second-order valence-corrected chi connectivity index (χ2v) is 8.20. The SMILES string of the molecule is COc1ccc(-c2[nH]c3ncc(C#CCCO)cc3c2CN2C3CCC2COC3)cc1. The molecular weight excluding hydrogens is 390 g/mol. The predicted octanol–water partition coefficient (Wildman–Crippen LogP) is 3.34. The first-order chi connectivity index (χ1) is 15.3. The highest BCUT2D eigenvalue weighted by atomic mass is 16.5. The van der Waals surface area contributed by atoms with Crippen LogP contribution in [0.1, 0.15) is 30.4 Å². The molecule has 0 amide bonds. The molecule has 2 aromatic heterocycles. The smallest absolute Gasteiger partial charge is 0.138 e. The number of morpholine rings is 1. The van der Waals surface area contributed by atoms with Crippen LogP contribution >= 0.6 is 0 Å². The highest BCUT2D eigenvalue weighted by Crippen LogP contribution is 2.36. The van der Waals surface area contributed by atoms with Crippen LogP contribution in [0.5, 0.6) is 5.75 Å². The summed E-state index contributed by atoms with van der Waals surface area (Å²) in [6, 6.07) is 11.2. The summed E-state index contributed by atoms with van der Waals surface area (Å²) >= 11 is 0. The minimum atomic E-state index is 0.0690. The number of aliphatic hydroxyl groups is 1. The van der Waals surface area contributed by atoms with Crippen LogP contribution in [-0.4, -0.2) is 59.0 Å². The lowest BCUT2D eigenvalue weighted by molar-refractivity contribution is -0.0184. The average molecular weight is 418 g/mol. The molecule has 2 aliphatic heterocycles. The largest absolute Gasteiger partial charge is 0.497 e. The van der Waals surface area contributed by atoms with E-state index in [2.05, 4.69) is 44.9 Å². The van der Waals surface area contributed by atoms with Gasteiger partial charge < -0.3 is 19.6 Å². The maximum atomic E-state index is 9.02. The Hall–Kier alpha value is -2.85. The molecule has 2 unspecified atom stereocenters. The summed E-state index contributed by atoms with van der Waals surface area (Å²) in [5, 5.41) is 10.1. The van der Waals surface area contributed by atoms with Gasteiger partial charge in [-0.2, -0.15) is 0 Å². The summed E-state index contributed by atoms with van der Waals surface area (Å²) in [7, 11) is 1.68. The Kier molecular flexibility index (Phi) is 5.65. The number of aliphatic hydroxyl groups excluding tert-OH is 1. The second-order valence-electron chi connectivity index (χ2n) is 8.20. The van der Waals surface area contributed by atoms with Crippen molar-refractivity contribution in [2.24, 2.45) is 0 Å². The molecule has 0 saturated carbocycles. The number of nitrogens with zero attached hydrogens (tertiary/aromatic N) is 2. The van der Waals surface area contributed by atoms with Crippen LogP contribution in [0.25, 0.3) is 22.3 Å². The van der Waals surface area contributed by atoms with E-state index in [-0.39, 0.29) is 6.61 Å². The van der Waals surface area contributed by atoms with Gasteiger partial charge >= 0.3 is 0 Å². The van der Waals surface area contributed by atoms with Gasteiger partial charge in [0.05, 0.1) is 32.6 Å². The molecule has 4 heterocycles. The number of fused-ring (bicyclic) bond motifs is 3. The van der Waals surface area contributed by atoms with E-state index in [1.807, 2.05) is 12.1 Å². The molecule has 2 saturated heterocycles. The van der Waals surface area contributed by atoms with Crippen LogP contribution in [-0.2, 0) is 11.3 Å². The Morgan fingerprint density at radius 1 is 1.23 bits per heavy atom. The van der Waals surface area contributed by atoms with Crippen LogP contribution < -0.4 is 4.74 Å². The van der Waals surface area contributed by atoms with Gasteiger partial charge in [0, 0.05) is 47.8 Å². The van der Waals surface area contributed by atoms with E-state index < -0.39 is 0 Å². The molecule has 6 nitrogen and oxygen atoms in total. The first kappa shape index (κ1) is 20.1. The predicted molar refractivity (Wildman–Crippen MR) is 120 cm³/mol. The fraction of sp³-hybridized carbons (Fsp3) is 0.400. The molecule has 160 valence electrons. The van der Waals surface area contributed by atoms with Gasteiger partial charge in [-0.25, -0.2) is 4.98 Å². The summed E-state index contributed by atoms with van der Waals surface area (Å²) in [4.78, 5) is 10.8. The number of benzene rings is 1. The van der Waals surface area contributed by atoms with E-state index in [1.54, 1.807) is 13.3 Å². The Morgan fingerprint density at radius 2 is 2.00 bits per heavy atom. The molecule has 1 aromatic carbocycles. The van der Waals surface area contributed by atoms with Crippen LogP contribution in [0.15, 0.2) is 36.5 Å². The van der Waals surface area contributed by atoms with Gasteiger partial charge in [-0.05, 0) is 48.7 Å². The number of methoxy groups -OCH3 is 1. The van der Waals surface area contributed by atoms with E-state index in [1.165, 1.54) is 18.4 Å². The number of ether oxygens (including phenoxy) is 2. The molecule has 0 spiro atoms. The Balaban J connectivity index is 1.59. The maximum Gasteiger partial charge on any atom is 0.138 e. The van der Waals surface area contributed by atoms with E-state index in [9.17, 15) is 0 Å². The van der Waals surface area contributed by atoms with Gasteiger partial charge in [0.2, 0.25) is 0 Å². The van der Waals surface area contributed by atoms with E-state index >= 15 is 0 Å². The molecule has 2 aliphatic rings. The number of hydrogen-bond donors (Lipinski definition) is 2. The second kappa shape index (κ2) is 8.72. The summed E-state index contributed by atoms with van der Waals surface area (Å²) < 4.78 is 11.1. The number of nitrogens with one attached hydrogen (secondary N) is 1. The van der Waals surface area contributed by atoms with E-state index in [0.717, 1.165) is 53.4 Å². The summed E-state index contributed by atoms with van der Waals surface area (Å²) in [5.74, 6) is 6.97. The van der Waals surface area contributed by atoms with Crippen molar-refractivity contribution in [2.45, 2.75) is 37.9 Å². The van der Waals surface area contributed by atoms with Crippen molar-refractivity contribution < 1.29 is 14.6 Å². The van der Waals surface area contributed by atoms with Crippen molar-refractivity contribution in [2.75, 3.05) is 26.9 Å². The van der Waals surface area contributed by atoms with Gasteiger partial charge in [0.15, 0.2) is 0 Å². The summed E-state index contributed by atoms with van der Waals surface area (Å²) in [6.07, 6.45) is 4.65. The standard InChI is InChI=1S/C25H27N3O3/c1-30-21-9-5-18(6-10-21)24-23(14-28-19-7-8-20(28)16-31-15-19)22-12-17(4-2-3-11-29)13-26-25(22)27-24/h5-6,9-10,12-13,19-20,29H,3,7-8,11,14-16H2,1H3,(H,26,27). The first-order valence-corrected chi connectivity index (χ1v) is 10.8. The normalized spacial score (nSPS) is 20.6. The molecule has 5 rings (SSSR count). The van der Waals surface area contributed by atoms with E-state index in [4.69, 9.17) is 14.6 Å². The molecule has 2 atom stereocenters. The Bertz CT molecular complexity index is 1110. The van der Waals surface area contributed by atoms with Crippen LogP contribution in [0, 0.1) is 11.8 Å². The summed E-state index contributed by atoms with van der Waals surface area (Å²) in [5.41, 5.74) is 5.19. The van der Waals surface area contributed by atoms with Crippen LogP contribution in [0.4, 0.5) is 0 Å². The quantitative estimate of drug-likeness (QED) is 0.623. The minimum absolute atomic E-state index is 0.0690. The van der Waals surface area contributed by atoms with Crippen molar-refractivity contribution >= 4 is 11.0 Å². The average Bonchev–Trinajstić information content (AvgIpc) is 3.25.